The monoisotopic (exact) mass is 226 g/mol. The molecule has 0 aliphatic rings. The van der Waals surface area contributed by atoms with Crippen molar-refractivity contribution in [1.82, 2.24) is 9.97 Å². The molecule has 1 aromatic heterocycles. The van der Waals surface area contributed by atoms with E-state index in [1.807, 2.05) is 0 Å². The number of halogens is 3. The minimum absolute atomic E-state index is 0.293. The highest BCUT2D eigenvalue weighted by molar-refractivity contribution is 5.58. The van der Waals surface area contributed by atoms with Crippen molar-refractivity contribution in [3.05, 3.63) is 52.3 Å². The van der Waals surface area contributed by atoms with Gasteiger partial charge in [0.2, 0.25) is 0 Å². The molecule has 1 heterocycles. The summed E-state index contributed by atoms with van der Waals surface area (Å²) in [5.41, 5.74) is -1.34. The van der Waals surface area contributed by atoms with Crippen LogP contribution in [-0.2, 0) is 0 Å². The fourth-order valence-electron chi connectivity index (χ4n) is 1.25. The Morgan fingerprint density at radius 2 is 1.88 bits per heavy atom. The number of rotatable bonds is 1. The molecular formula is C10H5F3N2O. The summed E-state index contributed by atoms with van der Waals surface area (Å²) in [6.45, 7) is 0. The number of hydrogen-bond donors (Lipinski definition) is 1. The van der Waals surface area contributed by atoms with Crippen molar-refractivity contribution in [1.29, 1.82) is 0 Å². The molecule has 0 saturated heterocycles. The SMILES string of the molecule is O=c1[nH]ccnc1-c1ccc(F)c(F)c1F. The van der Waals surface area contributed by atoms with Crippen LogP contribution in [0.2, 0.25) is 0 Å². The lowest BCUT2D eigenvalue weighted by Gasteiger charge is -2.02. The number of nitrogens with zero attached hydrogens (tertiary/aromatic N) is 1. The molecule has 0 unspecified atom stereocenters. The van der Waals surface area contributed by atoms with Gasteiger partial charge >= 0.3 is 0 Å². The summed E-state index contributed by atoms with van der Waals surface area (Å²) in [6, 6.07) is 1.70. The van der Waals surface area contributed by atoms with Gasteiger partial charge in [-0.05, 0) is 12.1 Å². The van der Waals surface area contributed by atoms with Crippen molar-refractivity contribution >= 4 is 0 Å². The summed E-state index contributed by atoms with van der Waals surface area (Å²) >= 11 is 0. The van der Waals surface area contributed by atoms with Crippen LogP contribution in [0.4, 0.5) is 13.2 Å². The van der Waals surface area contributed by atoms with Gasteiger partial charge in [-0.2, -0.15) is 0 Å². The standard InChI is InChI=1S/C10H5F3N2O/c11-6-2-1-5(7(12)8(6)13)9-10(16)15-4-3-14-9/h1-4H,(H,15,16). The van der Waals surface area contributed by atoms with Gasteiger partial charge in [-0.15, -0.1) is 0 Å². The molecule has 0 bridgehead atoms. The van der Waals surface area contributed by atoms with Gasteiger partial charge in [-0.25, -0.2) is 18.2 Å². The largest absolute Gasteiger partial charge is 0.326 e. The second-order valence-corrected chi connectivity index (χ2v) is 2.99. The Balaban J connectivity index is 2.71. The maximum atomic E-state index is 13.3. The first-order valence-corrected chi connectivity index (χ1v) is 4.29. The zero-order valence-corrected chi connectivity index (χ0v) is 7.80. The van der Waals surface area contributed by atoms with Gasteiger partial charge in [-0.3, -0.25) is 4.79 Å². The number of hydrogen-bond acceptors (Lipinski definition) is 2. The van der Waals surface area contributed by atoms with Crippen molar-refractivity contribution in [3.63, 3.8) is 0 Å². The van der Waals surface area contributed by atoms with Gasteiger partial charge in [-0.1, -0.05) is 0 Å². The summed E-state index contributed by atoms with van der Waals surface area (Å²) < 4.78 is 38.9. The molecule has 82 valence electrons. The van der Waals surface area contributed by atoms with E-state index >= 15 is 0 Å². The van der Waals surface area contributed by atoms with E-state index in [0.717, 1.165) is 12.1 Å². The Labute approximate surface area is 87.6 Å². The molecule has 16 heavy (non-hydrogen) atoms. The molecule has 0 aliphatic heterocycles. The molecule has 2 aromatic rings. The summed E-state index contributed by atoms with van der Waals surface area (Å²) in [7, 11) is 0. The lowest BCUT2D eigenvalue weighted by molar-refractivity contribution is 0.448. The molecule has 0 aliphatic carbocycles. The number of nitrogens with one attached hydrogen (secondary N) is 1. The van der Waals surface area contributed by atoms with Crippen molar-refractivity contribution < 1.29 is 13.2 Å². The van der Waals surface area contributed by atoms with Crippen LogP contribution in [0.1, 0.15) is 0 Å². The molecule has 0 radical (unpaired) electrons. The van der Waals surface area contributed by atoms with E-state index in [2.05, 4.69) is 9.97 Å². The molecule has 6 heteroatoms. The molecule has 2 rings (SSSR count). The Bertz CT molecular complexity index is 595. The number of benzene rings is 1. The van der Waals surface area contributed by atoms with Gasteiger partial charge in [0.25, 0.3) is 5.56 Å². The van der Waals surface area contributed by atoms with Gasteiger partial charge in [0.1, 0.15) is 5.69 Å². The second-order valence-electron chi connectivity index (χ2n) is 2.99. The summed E-state index contributed by atoms with van der Waals surface area (Å²) in [5.74, 6) is -4.36. The lowest BCUT2D eigenvalue weighted by atomic mass is 10.1. The van der Waals surface area contributed by atoms with Gasteiger partial charge < -0.3 is 4.98 Å². The molecule has 0 spiro atoms. The van der Waals surface area contributed by atoms with E-state index in [1.54, 1.807) is 0 Å². The smallest absolute Gasteiger partial charge is 0.274 e. The minimum Gasteiger partial charge on any atom is -0.326 e. The lowest BCUT2D eigenvalue weighted by Crippen LogP contribution is -2.11. The van der Waals surface area contributed by atoms with Crippen LogP contribution >= 0.6 is 0 Å². The predicted molar refractivity (Wildman–Crippen MR) is 50.2 cm³/mol. The molecule has 3 nitrogen and oxygen atoms in total. The predicted octanol–water partition coefficient (Wildman–Crippen LogP) is 1.85. The maximum absolute atomic E-state index is 13.3. The van der Waals surface area contributed by atoms with Crippen molar-refractivity contribution in [2.75, 3.05) is 0 Å². The molecule has 0 amide bonds. The van der Waals surface area contributed by atoms with E-state index in [0.29, 0.717) is 0 Å². The van der Waals surface area contributed by atoms with Crippen LogP contribution in [0.3, 0.4) is 0 Å². The Morgan fingerprint density at radius 1 is 1.12 bits per heavy atom. The highest BCUT2D eigenvalue weighted by atomic mass is 19.2. The number of aromatic nitrogens is 2. The molecule has 1 N–H and O–H groups in total. The van der Waals surface area contributed by atoms with Crippen LogP contribution in [0, 0.1) is 17.5 Å². The zero-order valence-electron chi connectivity index (χ0n) is 7.80. The van der Waals surface area contributed by atoms with Gasteiger partial charge in [0, 0.05) is 18.0 Å². The first kappa shape index (κ1) is 10.4. The van der Waals surface area contributed by atoms with Gasteiger partial charge in [0.05, 0.1) is 0 Å². The third-order valence-corrected chi connectivity index (χ3v) is 2.00. The first-order valence-electron chi connectivity index (χ1n) is 4.29. The molecular weight excluding hydrogens is 221 g/mol. The van der Waals surface area contributed by atoms with Crippen molar-refractivity contribution in [3.8, 4) is 11.3 Å². The average molecular weight is 226 g/mol. The molecule has 0 atom stereocenters. The Kier molecular flexibility index (Phi) is 2.47. The third-order valence-electron chi connectivity index (χ3n) is 2.00. The molecule has 0 saturated carbocycles. The molecule has 1 aromatic carbocycles. The third kappa shape index (κ3) is 1.58. The van der Waals surface area contributed by atoms with E-state index in [4.69, 9.17) is 0 Å². The zero-order chi connectivity index (χ0) is 11.7. The quantitative estimate of drug-likeness (QED) is 0.754. The summed E-state index contributed by atoms with van der Waals surface area (Å²) in [5, 5.41) is 0. The fourth-order valence-corrected chi connectivity index (χ4v) is 1.25. The van der Waals surface area contributed by atoms with Crippen LogP contribution < -0.4 is 5.56 Å². The fraction of sp³-hybridized carbons (Fsp3) is 0. The molecule has 0 fully saturated rings. The van der Waals surface area contributed by atoms with Crippen molar-refractivity contribution in [2.45, 2.75) is 0 Å². The normalized spacial score (nSPS) is 10.4. The van der Waals surface area contributed by atoms with Gasteiger partial charge in [0.15, 0.2) is 17.5 Å². The Morgan fingerprint density at radius 3 is 2.56 bits per heavy atom. The van der Waals surface area contributed by atoms with E-state index < -0.39 is 23.0 Å². The number of aromatic amines is 1. The van der Waals surface area contributed by atoms with E-state index in [-0.39, 0.29) is 11.3 Å². The average Bonchev–Trinajstić information content (AvgIpc) is 2.28. The Hall–Kier alpha value is -2.11. The topological polar surface area (TPSA) is 45.8 Å². The van der Waals surface area contributed by atoms with Crippen LogP contribution in [0.5, 0.6) is 0 Å². The highest BCUT2D eigenvalue weighted by Gasteiger charge is 2.17. The number of H-pyrrole nitrogens is 1. The van der Waals surface area contributed by atoms with E-state index in [1.165, 1.54) is 12.4 Å². The van der Waals surface area contributed by atoms with E-state index in [9.17, 15) is 18.0 Å². The van der Waals surface area contributed by atoms with Crippen molar-refractivity contribution in [2.24, 2.45) is 0 Å². The van der Waals surface area contributed by atoms with Crippen LogP contribution in [-0.4, -0.2) is 9.97 Å². The minimum atomic E-state index is -1.62. The summed E-state index contributed by atoms with van der Waals surface area (Å²) in [6.07, 6.45) is 2.47. The second kappa shape index (κ2) is 3.80. The van der Waals surface area contributed by atoms with Crippen LogP contribution in [0.15, 0.2) is 29.3 Å². The maximum Gasteiger partial charge on any atom is 0.274 e. The first-order chi connectivity index (χ1) is 7.61. The highest BCUT2D eigenvalue weighted by Crippen LogP contribution is 2.21. The van der Waals surface area contributed by atoms with Crippen LogP contribution in [0.25, 0.3) is 11.3 Å². The summed E-state index contributed by atoms with van der Waals surface area (Å²) in [4.78, 5) is 17.1.